The van der Waals surface area contributed by atoms with Gasteiger partial charge in [0.25, 0.3) is 5.82 Å². The Morgan fingerprint density at radius 2 is 1.90 bits per heavy atom. The number of nitrogens with zero attached hydrogens (tertiary/aromatic N) is 1. The van der Waals surface area contributed by atoms with E-state index in [1.165, 1.54) is 23.4 Å². The van der Waals surface area contributed by atoms with Crippen molar-refractivity contribution in [3.63, 3.8) is 0 Å². The van der Waals surface area contributed by atoms with Gasteiger partial charge in [0.2, 0.25) is 0 Å². The minimum atomic E-state index is -0.426. The lowest BCUT2D eigenvalue weighted by molar-refractivity contribution is -0.413. The zero-order valence-corrected chi connectivity index (χ0v) is 11.6. The van der Waals surface area contributed by atoms with E-state index in [1.807, 2.05) is 0 Å². The van der Waals surface area contributed by atoms with E-state index in [0.717, 1.165) is 5.82 Å². The first-order valence-electron chi connectivity index (χ1n) is 6.55. The molecule has 0 fully saturated rings. The smallest absolute Gasteiger partial charge is 0.270 e. The van der Waals surface area contributed by atoms with Gasteiger partial charge in [0.05, 0.1) is 4.92 Å². The van der Waals surface area contributed by atoms with Gasteiger partial charge in [-0.2, -0.15) is 0 Å². The van der Waals surface area contributed by atoms with Gasteiger partial charge in [0.15, 0.2) is 6.20 Å². The highest BCUT2D eigenvalue weighted by molar-refractivity contribution is 5.35. The van der Waals surface area contributed by atoms with E-state index in [0.29, 0.717) is 12.5 Å². The van der Waals surface area contributed by atoms with E-state index in [9.17, 15) is 10.1 Å². The van der Waals surface area contributed by atoms with Crippen LogP contribution in [0.3, 0.4) is 0 Å². The lowest BCUT2D eigenvalue weighted by Gasteiger charge is -2.06. The Balaban J connectivity index is 1.96. The monoisotopic (exact) mass is 272 g/mol. The van der Waals surface area contributed by atoms with Crippen LogP contribution >= 0.6 is 0 Å². The van der Waals surface area contributed by atoms with Crippen molar-refractivity contribution in [3.05, 3.63) is 63.8 Å². The van der Waals surface area contributed by atoms with Crippen molar-refractivity contribution in [2.24, 2.45) is 0 Å². The predicted octanol–water partition coefficient (Wildman–Crippen LogP) is 3.14. The quantitative estimate of drug-likeness (QED) is 0.671. The number of rotatable bonds is 5. The Morgan fingerprint density at radius 3 is 2.40 bits per heavy atom. The first-order chi connectivity index (χ1) is 9.56. The number of hydrogen-bond donors (Lipinski definition) is 1. The summed E-state index contributed by atoms with van der Waals surface area (Å²) in [5.74, 6) is 1.28. The molecule has 1 aromatic heterocycles. The van der Waals surface area contributed by atoms with Gasteiger partial charge in [-0.3, -0.25) is 15.4 Å². The third-order valence-corrected chi connectivity index (χ3v) is 3.14. The number of hydrogen-bond acceptors (Lipinski definition) is 3. The second-order valence-electron chi connectivity index (χ2n) is 4.97. The van der Waals surface area contributed by atoms with Gasteiger partial charge >= 0.3 is 5.69 Å². The summed E-state index contributed by atoms with van der Waals surface area (Å²) in [6.07, 6.45) is 1.38. The van der Waals surface area contributed by atoms with Crippen LogP contribution in [-0.2, 0) is 6.54 Å². The Kier molecular flexibility index (Phi) is 4.30. The van der Waals surface area contributed by atoms with Gasteiger partial charge < -0.3 is 0 Å². The Hall–Kier alpha value is -2.43. The van der Waals surface area contributed by atoms with Gasteiger partial charge in [-0.15, -0.1) is 0 Å². The summed E-state index contributed by atoms with van der Waals surface area (Å²) in [4.78, 5) is 13.0. The summed E-state index contributed by atoms with van der Waals surface area (Å²) in [5.41, 5.74) is 2.54. The molecule has 0 saturated heterocycles. The molecular weight excluding hydrogens is 254 g/mol. The Morgan fingerprint density at radius 1 is 1.20 bits per heavy atom. The maximum atomic E-state index is 10.5. The van der Waals surface area contributed by atoms with Crippen molar-refractivity contribution in [3.8, 4) is 0 Å². The molecule has 1 aromatic carbocycles. The van der Waals surface area contributed by atoms with Crippen LogP contribution < -0.4 is 10.3 Å². The average Bonchev–Trinajstić information content (AvgIpc) is 2.46. The van der Waals surface area contributed by atoms with E-state index in [-0.39, 0.29) is 5.69 Å². The number of nitrogens with one attached hydrogen (secondary N) is 2. The summed E-state index contributed by atoms with van der Waals surface area (Å²) >= 11 is 0. The second-order valence-corrected chi connectivity index (χ2v) is 4.97. The number of pyridine rings is 1. The zero-order chi connectivity index (χ0) is 14.5. The predicted molar refractivity (Wildman–Crippen MR) is 77.5 cm³/mol. The number of H-pyrrole nitrogens is 1. The molecule has 5 nitrogen and oxygen atoms in total. The standard InChI is InChI=1S/C15H17N3O2/c1-11(2)13-5-3-12(4-6-13)9-16-15-8-7-14(10-17-15)18(19)20/h3-8,10-11H,9H2,1-2H3,(H,16,17)/p+1. The summed E-state index contributed by atoms with van der Waals surface area (Å²) in [7, 11) is 0. The second kappa shape index (κ2) is 6.14. The van der Waals surface area contributed by atoms with Crippen LogP contribution in [0, 0.1) is 10.1 Å². The van der Waals surface area contributed by atoms with Crippen LogP contribution in [0.2, 0.25) is 0 Å². The van der Waals surface area contributed by atoms with E-state index >= 15 is 0 Å². The molecular formula is C15H18N3O2+. The molecule has 0 unspecified atom stereocenters. The molecule has 2 aromatic rings. The van der Waals surface area contributed by atoms with Crippen LogP contribution in [0.15, 0.2) is 42.6 Å². The minimum Gasteiger partial charge on any atom is -0.270 e. The first-order valence-corrected chi connectivity index (χ1v) is 6.55. The van der Waals surface area contributed by atoms with Crippen LogP contribution in [0.1, 0.15) is 30.9 Å². The fraction of sp³-hybridized carbons (Fsp3) is 0.267. The molecule has 0 aliphatic rings. The number of benzene rings is 1. The van der Waals surface area contributed by atoms with Gasteiger partial charge in [0, 0.05) is 12.1 Å². The summed E-state index contributed by atoms with van der Waals surface area (Å²) in [6, 6.07) is 11.6. The van der Waals surface area contributed by atoms with E-state index in [4.69, 9.17) is 0 Å². The largest absolute Gasteiger partial charge is 0.308 e. The van der Waals surface area contributed by atoms with Crippen molar-refractivity contribution in [1.82, 2.24) is 0 Å². The summed E-state index contributed by atoms with van der Waals surface area (Å²) in [6.45, 7) is 5.00. The van der Waals surface area contributed by atoms with Gasteiger partial charge in [-0.25, -0.2) is 4.98 Å². The van der Waals surface area contributed by atoms with Crippen LogP contribution in [0.25, 0.3) is 0 Å². The van der Waals surface area contributed by atoms with Gasteiger partial charge in [-0.05, 0) is 17.0 Å². The van der Waals surface area contributed by atoms with Crippen LogP contribution in [0.4, 0.5) is 11.5 Å². The first kappa shape index (κ1) is 14.0. The molecule has 0 radical (unpaired) electrons. The fourth-order valence-corrected chi connectivity index (χ4v) is 1.86. The van der Waals surface area contributed by atoms with Crippen molar-refractivity contribution < 1.29 is 9.91 Å². The molecule has 2 rings (SSSR count). The molecule has 5 heteroatoms. The third-order valence-electron chi connectivity index (χ3n) is 3.14. The normalized spacial score (nSPS) is 10.6. The average molecular weight is 272 g/mol. The van der Waals surface area contributed by atoms with E-state index in [1.54, 1.807) is 6.07 Å². The van der Waals surface area contributed by atoms with Gasteiger partial charge in [0.1, 0.15) is 6.54 Å². The zero-order valence-electron chi connectivity index (χ0n) is 11.6. The molecule has 0 spiro atoms. The molecule has 104 valence electrons. The lowest BCUT2D eigenvalue weighted by atomic mass is 10.0. The number of anilines is 1. The molecule has 0 amide bonds. The van der Waals surface area contributed by atoms with Crippen molar-refractivity contribution >= 4 is 11.5 Å². The maximum absolute atomic E-state index is 10.5. The molecule has 2 N–H and O–H groups in total. The highest BCUT2D eigenvalue weighted by Gasteiger charge is 2.09. The minimum absolute atomic E-state index is 0.0526. The molecule has 0 aliphatic heterocycles. The van der Waals surface area contributed by atoms with E-state index in [2.05, 4.69) is 48.4 Å². The van der Waals surface area contributed by atoms with Crippen molar-refractivity contribution in [2.75, 3.05) is 5.32 Å². The number of aromatic amines is 1. The number of aromatic nitrogens is 1. The van der Waals surface area contributed by atoms with E-state index < -0.39 is 4.92 Å². The molecule has 0 aliphatic carbocycles. The summed E-state index contributed by atoms with van der Waals surface area (Å²) < 4.78 is 0. The van der Waals surface area contributed by atoms with Crippen molar-refractivity contribution in [1.29, 1.82) is 0 Å². The molecule has 0 atom stereocenters. The molecule has 20 heavy (non-hydrogen) atoms. The summed E-state index contributed by atoms with van der Waals surface area (Å²) in [5, 5.41) is 13.7. The molecule has 0 saturated carbocycles. The third kappa shape index (κ3) is 3.54. The number of nitro groups is 1. The van der Waals surface area contributed by atoms with Crippen molar-refractivity contribution in [2.45, 2.75) is 26.3 Å². The molecule has 0 bridgehead atoms. The highest BCUT2D eigenvalue weighted by atomic mass is 16.6. The topological polar surface area (TPSA) is 69.3 Å². The Labute approximate surface area is 117 Å². The SMILES string of the molecule is CC(C)c1ccc(CNc2ccc([N+](=O)[O-])c[nH+]2)cc1. The highest BCUT2D eigenvalue weighted by Crippen LogP contribution is 2.15. The lowest BCUT2D eigenvalue weighted by Crippen LogP contribution is -2.13. The maximum Gasteiger partial charge on any atom is 0.308 e. The Bertz CT molecular complexity index is 577. The van der Waals surface area contributed by atoms with Crippen LogP contribution in [0.5, 0.6) is 0 Å². The van der Waals surface area contributed by atoms with Gasteiger partial charge in [-0.1, -0.05) is 38.1 Å². The van der Waals surface area contributed by atoms with Crippen LogP contribution in [-0.4, -0.2) is 4.92 Å². The fourth-order valence-electron chi connectivity index (χ4n) is 1.86. The molecule has 1 heterocycles.